The number of nitrogens with one attached hydrogen (secondary N) is 1. The van der Waals surface area contributed by atoms with Crippen molar-refractivity contribution in [3.63, 3.8) is 0 Å². The second kappa shape index (κ2) is 14.7. The third-order valence-corrected chi connectivity index (χ3v) is 6.19. The molecular weight excluding hydrogens is 468 g/mol. The molecule has 1 aromatic rings. The fraction of sp³-hybridized carbons (Fsp3) is 0.533. The maximum Gasteiger partial charge on any atom is 0.409 e. The zero-order valence-corrected chi connectivity index (χ0v) is 23.1. The van der Waals surface area contributed by atoms with Crippen LogP contribution >= 0.6 is 0 Å². The highest BCUT2D eigenvalue weighted by molar-refractivity contribution is 5.74. The van der Waals surface area contributed by atoms with Gasteiger partial charge in [-0.05, 0) is 54.6 Å². The normalized spacial score (nSPS) is 16.9. The van der Waals surface area contributed by atoms with E-state index in [2.05, 4.69) is 32.2 Å². The highest BCUT2D eigenvalue weighted by Gasteiger charge is 2.43. The van der Waals surface area contributed by atoms with Crippen LogP contribution in [0.15, 0.2) is 48.1 Å². The molecule has 2 N–H and O–H groups in total. The van der Waals surface area contributed by atoms with Crippen molar-refractivity contribution in [2.45, 2.75) is 59.0 Å². The minimum absolute atomic E-state index is 0.0355. The van der Waals surface area contributed by atoms with Crippen molar-refractivity contribution in [2.75, 3.05) is 39.9 Å². The quantitative estimate of drug-likeness (QED) is 0.222. The number of benzene rings is 1. The first-order valence-electron chi connectivity index (χ1n) is 13.1. The number of fused-ring (bicyclic) bond motifs is 1. The summed E-state index contributed by atoms with van der Waals surface area (Å²) in [5, 5.41) is 10.8. The maximum absolute atomic E-state index is 12.4. The molecular formula is C30H44N2O5. The van der Waals surface area contributed by atoms with Gasteiger partial charge in [-0.1, -0.05) is 57.2 Å². The zero-order valence-electron chi connectivity index (χ0n) is 23.1. The summed E-state index contributed by atoms with van der Waals surface area (Å²) >= 11 is 0. The smallest absolute Gasteiger partial charge is 0.409 e. The summed E-state index contributed by atoms with van der Waals surface area (Å²) in [6.07, 6.45) is 13.5. The fourth-order valence-corrected chi connectivity index (χ4v) is 4.11. The SMILES string of the molecule is CC=CC/C(C=O)=C\C=C\c1ccc2c(c1)CC1(CCN(C(=O)OCC(C)(C)C)CC1)O2.CNCCO. The Labute approximate surface area is 222 Å². The minimum atomic E-state index is -0.234. The molecule has 0 aliphatic carbocycles. The second-order valence-corrected chi connectivity index (χ2v) is 10.8. The van der Waals surface area contributed by atoms with Crippen molar-refractivity contribution in [3.05, 3.63) is 59.2 Å². The number of allylic oxidation sites excluding steroid dienone is 5. The van der Waals surface area contributed by atoms with Crippen molar-refractivity contribution in [2.24, 2.45) is 5.41 Å². The standard InChI is InChI=1S/C27H35NO4.C3H9NO/c1-5-6-8-22(19-29)10-7-9-21-11-12-24-23(17-21)18-27(32-24)13-15-28(16-14-27)25(30)31-20-26(2,3)4;1-4-2-3-5/h5-7,9-12,17,19H,8,13-16,18,20H2,1-4H3;4-5H,2-3H2,1H3/b6-5?,9-7+,22-10+;. The van der Waals surface area contributed by atoms with Crippen LogP contribution in [0.25, 0.3) is 6.08 Å². The average Bonchev–Trinajstić information content (AvgIpc) is 3.22. The number of aliphatic hydroxyl groups excluding tert-OH is 1. The molecule has 1 saturated heterocycles. The Hall–Kier alpha value is -2.90. The lowest BCUT2D eigenvalue weighted by Gasteiger charge is -2.38. The molecule has 0 aromatic heterocycles. The molecule has 0 atom stereocenters. The topological polar surface area (TPSA) is 88.1 Å². The minimum Gasteiger partial charge on any atom is -0.487 e. The largest absolute Gasteiger partial charge is 0.487 e. The van der Waals surface area contributed by atoms with Crippen LogP contribution in [0, 0.1) is 5.41 Å². The molecule has 7 nitrogen and oxygen atoms in total. The first-order chi connectivity index (χ1) is 17.6. The predicted molar refractivity (Wildman–Crippen MR) is 149 cm³/mol. The zero-order chi connectivity index (χ0) is 27.3. The number of hydrogen-bond acceptors (Lipinski definition) is 6. The van der Waals surface area contributed by atoms with E-state index in [-0.39, 0.29) is 23.7 Å². The number of piperidine rings is 1. The summed E-state index contributed by atoms with van der Waals surface area (Å²) in [7, 11) is 1.80. The summed E-state index contributed by atoms with van der Waals surface area (Å²) in [4.78, 5) is 25.3. The number of rotatable bonds is 8. The lowest BCUT2D eigenvalue weighted by atomic mass is 9.87. The van der Waals surface area contributed by atoms with Crippen molar-refractivity contribution in [1.82, 2.24) is 10.2 Å². The van der Waals surface area contributed by atoms with Crippen molar-refractivity contribution in [3.8, 4) is 5.75 Å². The van der Waals surface area contributed by atoms with Gasteiger partial charge in [-0.25, -0.2) is 4.79 Å². The van der Waals surface area contributed by atoms with Gasteiger partial charge in [0.15, 0.2) is 0 Å². The Morgan fingerprint density at radius 3 is 2.57 bits per heavy atom. The molecule has 0 saturated carbocycles. The first kappa shape index (κ1) is 30.3. The first-order valence-corrected chi connectivity index (χ1v) is 13.1. The van der Waals surface area contributed by atoms with Crippen molar-refractivity contribution < 1.29 is 24.2 Å². The van der Waals surface area contributed by atoms with Crippen LogP contribution in [-0.2, 0) is 16.0 Å². The molecule has 0 unspecified atom stereocenters. The van der Waals surface area contributed by atoms with Gasteiger partial charge in [0.05, 0.1) is 13.2 Å². The lowest BCUT2D eigenvalue weighted by Crippen LogP contribution is -2.49. The molecule has 0 radical (unpaired) electrons. The fourth-order valence-electron chi connectivity index (χ4n) is 4.11. The van der Waals surface area contributed by atoms with E-state index in [0.29, 0.717) is 32.7 Å². The van der Waals surface area contributed by atoms with E-state index in [1.807, 2.05) is 49.4 Å². The van der Waals surface area contributed by atoms with Gasteiger partial charge in [0.25, 0.3) is 0 Å². The molecule has 1 aromatic carbocycles. The van der Waals surface area contributed by atoms with Crippen LogP contribution in [0.3, 0.4) is 0 Å². The Balaban J connectivity index is 0.000000877. The number of nitrogens with zero attached hydrogens (tertiary/aromatic N) is 1. The van der Waals surface area contributed by atoms with Gasteiger partial charge in [-0.15, -0.1) is 0 Å². The van der Waals surface area contributed by atoms with Crippen molar-refractivity contribution >= 4 is 18.5 Å². The van der Waals surface area contributed by atoms with Crippen LogP contribution in [-0.4, -0.2) is 67.9 Å². The van der Waals surface area contributed by atoms with Gasteiger partial charge in [0, 0.05) is 38.9 Å². The monoisotopic (exact) mass is 512 g/mol. The van der Waals surface area contributed by atoms with Gasteiger partial charge >= 0.3 is 6.09 Å². The predicted octanol–water partition coefficient (Wildman–Crippen LogP) is 4.94. The number of ether oxygens (including phenoxy) is 2. The molecule has 2 aliphatic rings. The molecule has 3 rings (SSSR count). The van der Waals surface area contributed by atoms with E-state index < -0.39 is 0 Å². The van der Waals surface area contributed by atoms with E-state index in [1.54, 1.807) is 11.9 Å². The molecule has 0 bridgehead atoms. The van der Waals surface area contributed by atoms with Gasteiger partial charge in [-0.2, -0.15) is 0 Å². The van der Waals surface area contributed by atoms with Gasteiger partial charge < -0.3 is 24.8 Å². The Bertz CT molecular complexity index is 965. The Kier molecular flexibility index (Phi) is 12.1. The van der Waals surface area contributed by atoms with E-state index in [1.165, 1.54) is 5.56 Å². The molecule has 1 amide bonds. The Morgan fingerprint density at radius 2 is 2.00 bits per heavy atom. The van der Waals surface area contributed by atoms with E-state index >= 15 is 0 Å². The molecule has 1 spiro atoms. The van der Waals surface area contributed by atoms with Crippen LogP contribution in [0.4, 0.5) is 4.79 Å². The van der Waals surface area contributed by atoms with Crippen LogP contribution in [0.5, 0.6) is 5.75 Å². The molecule has 37 heavy (non-hydrogen) atoms. The van der Waals surface area contributed by atoms with E-state index in [9.17, 15) is 9.59 Å². The van der Waals surface area contributed by atoms with Crippen LogP contribution < -0.4 is 10.1 Å². The molecule has 204 valence electrons. The highest BCUT2D eigenvalue weighted by Crippen LogP contribution is 2.41. The third-order valence-electron chi connectivity index (χ3n) is 6.19. The number of aldehydes is 1. The summed E-state index contributed by atoms with van der Waals surface area (Å²) in [6, 6.07) is 6.22. The lowest BCUT2D eigenvalue weighted by molar-refractivity contribution is -0.105. The summed E-state index contributed by atoms with van der Waals surface area (Å²) in [6.45, 7) is 10.8. The number of carbonyl (C=O) groups is 2. The number of likely N-dealkylation sites (tertiary alicyclic amines) is 1. The average molecular weight is 513 g/mol. The summed E-state index contributed by atoms with van der Waals surface area (Å²) in [5.41, 5.74) is 2.76. The summed E-state index contributed by atoms with van der Waals surface area (Å²) < 4.78 is 11.8. The van der Waals surface area contributed by atoms with Crippen molar-refractivity contribution in [1.29, 1.82) is 0 Å². The molecule has 1 fully saturated rings. The Morgan fingerprint density at radius 1 is 1.27 bits per heavy atom. The number of hydrogen-bond donors (Lipinski definition) is 2. The number of likely N-dealkylation sites (N-methyl/N-ethyl adjacent to an activating group) is 1. The van der Waals surface area contributed by atoms with Crippen LogP contribution in [0.1, 0.15) is 58.1 Å². The maximum atomic E-state index is 12.4. The van der Waals surface area contributed by atoms with E-state index in [4.69, 9.17) is 14.6 Å². The van der Waals surface area contributed by atoms with Crippen LogP contribution in [0.2, 0.25) is 0 Å². The second-order valence-electron chi connectivity index (χ2n) is 10.8. The molecule has 7 heteroatoms. The molecule has 2 heterocycles. The third kappa shape index (κ3) is 10.2. The van der Waals surface area contributed by atoms with Gasteiger partial charge in [-0.3, -0.25) is 4.79 Å². The number of amides is 1. The molecule has 2 aliphatic heterocycles. The number of carbonyl (C=O) groups excluding carboxylic acids is 2. The van der Waals surface area contributed by atoms with Gasteiger partial charge in [0.1, 0.15) is 17.6 Å². The highest BCUT2D eigenvalue weighted by atomic mass is 16.6. The van der Waals surface area contributed by atoms with Gasteiger partial charge in [0.2, 0.25) is 0 Å². The van der Waals surface area contributed by atoms with E-state index in [0.717, 1.165) is 42.4 Å². The number of aliphatic hydroxyl groups is 1. The summed E-state index contributed by atoms with van der Waals surface area (Å²) in [5.74, 6) is 0.933.